The SMILES string of the molecule is CCN=C(NC1CC1)NC(C)c1ccc(OCC(C)C)cc1.I. The minimum Gasteiger partial charge on any atom is -0.493 e. The van der Waals surface area contributed by atoms with Crippen molar-refractivity contribution in [2.24, 2.45) is 10.9 Å². The number of nitrogens with one attached hydrogen (secondary N) is 2. The highest BCUT2D eigenvalue weighted by Gasteiger charge is 2.22. The van der Waals surface area contributed by atoms with Crippen LogP contribution in [0.15, 0.2) is 29.3 Å². The molecule has 0 amide bonds. The molecule has 1 aliphatic rings. The van der Waals surface area contributed by atoms with Crippen molar-refractivity contribution in [2.75, 3.05) is 13.2 Å². The van der Waals surface area contributed by atoms with Crippen LogP contribution in [0.2, 0.25) is 0 Å². The van der Waals surface area contributed by atoms with Gasteiger partial charge in [0.05, 0.1) is 12.6 Å². The van der Waals surface area contributed by atoms with Crippen LogP contribution in [-0.4, -0.2) is 25.2 Å². The molecule has 1 fully saturated rings. The highest BCUT2D eigenvalue weighted by atomic mass is 127. The molecule has 1 aliphatic carbocycles. The first kappa shape index (κ1) is 20.1. The quantitative estimate of drug-likeness (QED) is 0.388. The molecule has 1 saturated carbocycles. The third-order valence-corrected chi connectivity index (χ3v) is 3.55. The number of hydrogen-bond acceptors (Lipinski definition) is 2. The summed E-state index contributed by atoms with van der Waals surface area (Å²) in [5.41, 5.74) is 1.23. The van der Waals surface area contributed by atoms with Gasteiger partial charge in [-0.15, -0.1) is 24.0 Å². The first-order chi connectivity index (χ1) is 10.6. The van der Waals surface area contributed by atoms with E-state index in [0.29, 0.717) is 12.0 Å². The predicted molar refractivity (Wildman–Crippen MR) is 108 cm³/mol. The molecule has 2 rings (SSSR count). The van der Waals surface area contributed by atoms with Gasteiger partial charge in [0, 0.05) is 12.6 Å². The third-order valence-electron chi connectivity index (χ3n) is 3.55. The van der Waals surface area contributed by atoms with Gasteiger partial charge in [-0.3, -0.25) is 4.99 Å². The number of benzene rings is 1. The number of aliphatic imine (C=N–C) groups is 1. The third kappa shape index (κ3) is 7.42. The van der Waals surface area contributed by atoms with Gasteiger partial charge in [0.2, 0.25) is 0 Å². The van der Waals surface area contributed by atoms with E-state index in [2.05, 4.69) is 55.5 Å². The summed E-state index contributed by atoms with van der Waals surface area (Å²) >= 11 is 0. The van der Waals surface area contributed by atoms with Crippen molar-refractivity contribution < 1.29 is 4.74 Å². The van der Waals surface area contributed by atoms with Crippen molar-refractivity contribution in [3.05, 3.63) is 29.8 Å². The monoisotopic (exact) mass is 431 g/mol. The van der Waals surface area contributed by atoms with Crippen LogP contribution in [0, 0.1) is 5.92 Å². The molecule has 0 radical (unpaired) electrons. The van der Waals surface area contributed by atoms with Gasteiger partial charge in [-0.25, -0.2) is 0 Å². The van der Waals surface area contributed by atoms with Gasteiger partial charge < -0.3 is 15.4 Å². The fraction of sp³-hybridized carbons (Fsp3) is 0.611. The van der Waals surface area contributed by atoms with Crippen LogP contribution in [0.25, 0.3) is 0 Å². The number of guanidine groups is 1. The van der Waals surface area contributed by atoms with Gasteiger partial charge in [-0.05, 0) is 50.3 Å². The second kappa shape index (κ2) is 10.0. The van der Waals surface area contributed by atoms with Crippen LogP contribution < -0.4 is 15.4 Å². The smallest absolute Gasteiger partial charge is 0.191 e. The maximum Gasteiger partial charge on any atom is 0.191 e. The number of hydrogen-bond donors (Lipinski definition) is 2. The molecule has 1 aromatic carbocycles. The van der Waals surface area contributed by atoms with Crippen LogP contribution >= 0.6 is 24.0 Å². The predicted octanol–water partition coefficient (Wildman–Crippen LogP) is 4.12. The number of halogens is 1. The van der Waals surface area contributed by atoms with Crippen LogP contribution in [0.3, 0.4) is 0 Å². The lowest BCUT2D eigenvalue weighted by molar-refractivity contribution is 0.271. The van der Waals surface area contributed by atoms with Crippen LogP contribution in [0.4, 0.5) is 0 Å². The van der Waals surface area contributed by atoms with E-state index >= 15 is 0 Å². The van der Waals surface area contributed by atoms with E-state index in [-0.39, 0.29) is 30.0 Å². The largest absolute Gasteiger partial charge is 0.493 e. The Labute approximate surface area is 157 Å². The standard InChI is InChI=1S/C18H29N3O.HI/c1-5-19-18(21-16-8-9-16)20-14(4)15-6-10-17(11-7-15)22-12-13(2)3;/h6-7,10-11,13-14,16H,5,8-9,12H2,1-4H3,(H2,19,20,21);1H. The summed E-state index contributed by atoms with van der Waals surface area (Å²) in [6.07, 6.45) is 2.50. The van der Waals surface area contributed by atoms with Gasteiger partial charge in [0.15, 0.2) is 5.96 Å². The van der Waals surface area contributed by atoms with Crippen LogP contribution in [-0.2, 0) is 0 Å². The van der Waals surface area contributed by atoms with E-state index in [1.807, 2.05) is 12.1 Å². The molecule has 2 N–H and O–H groups in total. The molecule has 0 spiro atoms. The summed E-state index contributed by atoms with van der Waals surface area (Å²) in [4.78, 5) is 4.51. The van der Waals surface area contributed by atoms with Crippen LogP contribution in [0.1, 0.15) is 52.1 Å². The van der Waals surface area contributed by atoms with Gasteiger partial charge in [0.25, 0.3) is 0 Å². The van der Waals surface area contributed by atoms with E-state index in [0.717, 1.165) is 24.9 Å². The molecule has 0 bridgehead atoms. The molecule has 1 atom stereocenters. The fourth-order valence-corrected chi connectivity index (χ4v) is 2.12. The van der Waals surface area contributed by atoms with Gasteiger partial charge in [-0.2, -0.15) is 0 Å². The molecular formula is C18H30IN3O. The maximum absolute atomic E-state index is 5.73. The second-order valence-electron chi connectivity index (χ2n) is 6.38. The van der Waals surface area contributed by atoms with E-state index in [4.69, 9.17) is 4.74 Å². The number of rotatable bonds is 7. The van der Waals surface area contributed by atoms with Gasteiger partial charge in [-0.1, -0.05) is 26.0 Å². The van der Waals surface area contributed by atoms with E-state index in [1.165, 1.54) is 18.4 Å². The summed E-state index contributed by atoms with van der Waals surface area (Å²) < 4.78 is 5.73. The second-order valence-corrected chi connectivity index (χ2v) is 6.38. The number of nitrogens with zero attached hydrogens (tertiary/aromatic N) is 1. The van der Waals surface area contributed by atoms with Crippen molar-refractivity contribution >= 4 is 29.9 Å². The zero-order chi connectivity index (χ0) is 15.9. The van der Waals surface area contributed by atoms with Crippen molar-refractivity contribution in [3.63, 3.8) is 0 Å². The Morgan fingerprint density at radius 3 is 2.39 bits per heavy atom. The van der Waals surface area contributed by atoms with E-state index in [1.54, 1.807) is 0 Å². The minimum atomic E-state index is 0. The maximum atomic E-state index is 5.73. The topological polar surface area (TPSA) is 45.7 Å². The highest BCUT2D eigenvalue weighted by molar-refractivity contribution is 14.0. The Hall–Kier alpha value is -0.980. The summed E-state index contributed by atoms with van der Waals surface area (Å²) in [7, 11) is 0. The minimum absolute atomic E-state index is 0. The molecule has 1 aromatic rings. The zero-order valence-electron chi connectivity index (χ0n) is 14.6. The van der Waals surface area contributed by atoms with Gasteiger partial charge in [0.1, 0.15) is 5.75 Å². The molecule has 0 aliphatic heterocycles. The first-order valence-electron chi connectivity index (χ1n) is 8.38. The Morgan fingerprint density at radius 2 is 1.87 bits per heavy atom. The van der Waals surface area contributed by atoms with Crippen LogP contribution in [0.5, 0.6) is 5.75 Å². The molecule has 0 aromatic heterocycles. The van der Waals surface area contributed by atoms with Crippen molar-refractivity contribution in [2.45, 2.75) is 52.6 Å². The Morgan fingerprint density at radius 1 is 1.22 bits per heavy atom. The summed E-state index contributed by atoms with van der Waals surface area (Å²) in [5.74, 6) is 2.39. The summed E-state index contributed by atoms with van der Waals surface area (Å²) in [5, 5.41) is 6.92. The molecule has 1 unspecified atom stereocenters. The molecule has 130 valence electrons. The Bertz CT molecular complexity index is 484. The van der Waals surface area contributed by atoms with E-state index in [9.17, 15) is 0 Å². The Balaban J connectivity index is 0.00000264. The van der Waals surface area contributed by atoms with Crippen molar-refractivity contribution in [1.29, 1.82) is 0 Å². The van der Waals surface area contributed by atoms with Crippen molar-refractivity contribution in [3.8, 4) is 5.75 Å². The van der Waals surface area contributed by atoms with Gasteiger partial charge >= 0.3 is 0 Å². The molecule has 0 heterocycles. The summed E-state index contributed by atoms with van der Waals surface area (Å²) in [6, 6.07) is 9.15. The first-order valence-corrected chi connectivity index (χ1v) is 8.38. The molecule has 5 heteroatoms. The lowest BCUT2D eigenvalue weighted by atomic mass is 10.1. The average molecular weight is 431 g/mol. The zero-order valence-corrected chi connectivity index (χ0v) is 17.0. The normalized spacial score (nSPS) is 15.8. The lowest BCUT2D eigenvalue weighted by Crippen LogP contribution is -2.40. The fourth-order valence-electron chi connectivity index (χ4n) is 2.12. The van der Waals surface area contributed by atoms with E-state index < -0.39 is 0 Å². The lowest BCUT2D eigenvalue weighted by Gasteiger charge is -2.19. The highest BCUT2D eigenvalue weighted by Crippen LogP contribution is 2.20. The molecule has 23 heavy (non-hydrogen) atoms. The molecule has 4 nitrogen and oxygen atoms in total. The molecule has 0 saturated heterocycles. The van der Waals surface area contributed by atoms with Crippen molar-refractivity contribution in [1.82, 2.24) is 10.6 Å². The molecular weight excluding hydrogens is 401 g/mol. The average Bonchev–Trinajstić information content (AvgIpc) is 3.29. The number of ether oxygens (including phenoxy) is 1. The Kier molecular flexibility index (Phi) is 8.73. The summed E-state index contributed by atoms with van der Waals surface area (Å²) in [6.45, 7) is 10.1.